The van der Waals surface area contributed by atoms with E-state index in [1.165, 1.54) is 0 Å². The van der Waals surface area contributed by atoms with Crippen LogP contribution in [0.2, 0.25) is 0 Å². The normalized spacial score (nSPS) is 12.5. The third kappa shape index (κ3) is 5.44. The van der Waals surface area contributed by atoms with Crippen molar-refractivity contribution in [2.45, 2.75) is 32.3 Å². The molecule has 1 unspecified atom stereocenters. The van der Waals surface area contributed by atoms with Crippen molar-refractivity contribution >= 4 is 6.09 Å². The first-order chi connectivity index (χ1) is 10.3. The van der Waals surface area contributed by atoms with Crippen LogP contribution in [0.15, 0.2) is 18.2 Å². The van der Waals surface area contributed by atoms with Gasteiger partial charge in [0.05, 0.1) is 20.8 Å². The minimum Gasteiger partial charge on any atom is -0.493 e. The molecule has 0 fully saturated rings. The molecular weight excluding hydrogens is 286 g/mol. The van der Waals surface area contributed by atoms with E-state index in [2.05, 4.69) is 5.32 Å². The number of rotatable bonds is 6. The summed E-state index contributed by atoms with van der Waals surface area (Å²) in [7, 11) is 3.11. The molecule has 1 amide bonds. The summed E-state index contributed by atoms with van der Waals surface area (Å²) in [5.41, 5.74) is 0.290. The molecule has 0 aliphatic carbocycles. The Kier molecular flexibility index (Phi) is 6.49. The van der Waals surface area contributed by atoms with Crippen LogP contribution in [-0.4, -0.2) is 44.2 Å². The van der Waals surface area contributed by atoms with Crippen LogP contribution in [-0.2, 0) is 4.74 Å². The second-order valence-electron chi connectivity index (χ2n) is 5.88. The Hall–Kier alpha value is -1.95. The summed E-state index contributed by atoms with van der Waals surface area (Å²) >= 11 is 0. The van der Waals surface area contributed by atoms with Crippen LogP contribution in [0, 0.1) is 0 Å². The standard InChI is InChI=1S/C16H25NO5/c1-16(2,3)22-15(19)17-9-12(10-18)11-6-7-13(20-4)14(8-11)21-5/h6-8,12,18H,9-10H2,1-5H3,(H,17,19). The number of hydrogen-bond acceptors (Lipinski definition) is 5. The molecule has 0 radical (unpaired) electrons. The second-order valence-corrected chi connectivity index (χ2v) is 5.88. The van der Waals surface area contributed by atoms with E-state index in [1.54, 1.807) is 47.1 Å². The zero-order valence-electron chi connectivity index (χ0n) is 13.8. The number of alkyl carbamates (subject to hydrolysis) is 1. The molecular formula is C16H25NO5. The molecule has 1 rings (SSSR count). The molecule has 6 nitrogen and oxygen atoms in total. The Bertz CT molecular complexity index is 496. The van der Waals surface area contributed by atoms with Gasteiger partial charge in [-0.05, 0) is 38.5 Å². The van der Waals surface area contributed by atoms with Crippen LogP contribution in [0.4, 0.5) is 4.79 Å². The highest BCUT2D eigenvalue weighted by Gasteiger charge is 2.19. The molecule has 124 valence electrons. The summed E-state index contributed by atoms with van der Waals surface area (Å²) in [4.78, 5) is 11.7. The van der Waals surface area contributed by atoms with Crippen molar-refractivity contribution in [3.63, 3.8) is 0 Å². The third-order valence-electron chi connectivity index (χ3n) is 2.99. The van der Waals surface area contributed by atoms with E-state index in [0.29, 0.717) is 11.5 Å². The summed E-state index contributed by atoms with van der Waals surface area (Å²) < 4.78 is 15.6. The molecule has 0 bridgehead atoms. The molecule has 0 aliphatic rings. The van der Waals surface area contributed by atoms with Gasteiger partial charge in [-0.2, -0.15) is 0 Å². The highest BCUT2D eigenvalue weighted by atomic mass is 16.6. The lowest BCUT2D eigenvalue weighted by molar-refractivity contribution is 0.0521. The summed E-state index contributed by atoms with van der Waals surface area (Å²) in [6, 6.07) is 5.39. The number of carbonyl (C=O) groups is 1. The Morgan fingerprint density at radius 1 is 1.23 bits per heavy atom. The lowest BCUT2D eigenvalue weighted by Gasteiger charge is -2.22. The van der Waals surface area contributed by atoms with Crippen LogP contribution in [0.5, 0.6) is 11.5 Å². The largest absolute Gasteiger partial charge is 0.493 e. The van der Waals surface area contributed by atoms with Crippen LogP contribution in [0.3, 0.4) is 0 Å². The first kappa shape index (κ1) is 18.1. The predicted molar refractivity (Wildman–Crippen MR) is 83.6 cm³/mol. The van der Waals surface area contributed by atoms with Crippen molar-refractivity contribution in [3.05, 3.63) is 23.8 Å². The first-order valence-corrected chi connectivity index (χ1v) is 7.10. The maximum absolute atomic E-state index is 11.7. The smallest absolute Gasteiger partial charge is 0.407 e. The van der Waals surface area contributed by atoms with Gasteiger partial charge in [0.25, 0.3) is 0 Å². The number of aliphatic hydroxyl groups excluding tert-OH is 1. The van der Waals surface area contributed by atoms with Crippen LogP contribution in [0.1, 0.15) is 32.3 Å². The number of aliphatic hydroxyl groups is 1. The highest BCUT2D eigenvalue weighted by Crippen LogP contribution is 2.30. The molecule has 0 saturated heterocycles. The van der Waals surface area contributed by atoms with Gasteiger partial charge in [-0.15, -0.1) is 0 Å². The van der Waals surface area contributed by atoms with Crippen molar-refractivity contribution in [1.29, 1.82) is 0 Å². The fraction of sp³-hybridized carbons (Fsp3) is 0.562. The van der Waals surface area contributed by atoms with Gasteiger partial charge < -0.3 is 24.6 Å². The Morgan fingerprint density at radius 2 is 1.86 bits per heavy atom. The summed E-state index contributed by atoms with van der Waals surface area (Å²) in [5.74, 6) is 0.936. The van der Waals surface area contributed by atoms with Gasteiger partial charge in [-0.3, -0.25) is 0 Å². The van der Waals surface area contributed by atoms with Gasteiger partial charge in [0.15, 0.2) is 11.5 Å². The summed E-state index contributed by atoms with van der Waals surface area (Å²) in [6.07, 6.45) is -0.508. The van der Waals surface area contributed by atoms with Gasteiger partial charge in [-0.1, -0.05) is 6.07 Å². The van der Waals surface area contributed by atoms with E-state index in [-0.39, 0.29) is 19.1 Å². The van der Waals surface area contributed by atoms with Gasteiger partial charge in [0, 0.05) is 12.5 Å². The number of ether oxygens (including phenoxy) is 3. The third-order valence-corrected chi connectivity index (χ3v) is 2.99. The average Bonchev–Trinajstić information content (AvgIpc) is 2.45. The zero-order valence-corrected chi connectivity index (χ0v) is 13.8. The maximum Gasteiger partial charge on any atom is 0.407 e. The molecule has 0 saturated carbocycles. The van der Waals surface area contributed by atoms with E-state index in [4.69, 9.17) is 14.2 Å². The van der Waals surface area contributed by atoms with Crippen LogP contribution >= 0.6 is 0 Å². The number of nitrogens with one attached hydrogen (secondary N) is 1. The molecule has 0 aliphatic heterocycles. The van der Waals surface area contributed by atoms with Gasteiger partial charge in [0.1, 0.15) is 5.60 Å². The Morgan fingerprint density at radius 3 is 2.36 bits per heavy atom. The predicted octanol–water partition coefficient (Wildman–Crippen LogP) is 2.30. The van der Waals surface area contributed by atoms with Gasteiger partial charge >= 0.3 is 6.09 Å². The summed E-state index contributed by atoms with van der Waals surface area (Å²) in [6.45, 7) is 5.55. The lowest BCUT2D eigenvalue weighted by atomic mass is 9.99. The second kappa shape index (κ2) is 7.89. The van der Waals surface area contributed by atoms with Gasteiger partial charge in [-0.25, -0.2) is 4.79 Å². The van der Waals surface area contributed by atoms with Gasteiger partial charge in [0.2, 0.25) is 0 Å². The zero-order chi connectivity index (χ0) is 16.8. The minimum absolute atomic E-state index is 0.106. The van der Waals surface area contributed by atoms with Crippen molar-refractivity contribution in [2.24, 2.45) is 0 Å². The number of hydrogen-bond donors (Lipinski definition) is 2. The lowest BCUT2D eigenvalue weighted by Crippen LogP contribution is -2.35. The van der Waals surface area contributed by atoms with E-state index < -0.39 is 11.7 Å². The van der Waals surface area contributed by atoms with E-state index in [9.17, 15) is 9.90 Å². The van der Waals surface area contributed by atoms with Crippen molar-refractivity contribution < 1.29 is 24.1 Å². The molecule has 1 atom stereocenters. The molecule has 0 heterocycles. The quantitative estimate of drug-likeness (QED) is 0.843. The van der Waals surface area contributed by atoms with E-state index in [1.807, 2.05) is 6.07 Å². The Labute approximate surface area is 131 Å². The molecule has 0 spiro atoms. The number of methoxy groups -OCH3 is 2. The topological polar surface area (TPSA) is 77.0 Å². The van der Waals surface area contributed by atoms with Crippen LogP contribution < -0.4 is 14.8 Å². The monoisotopic (exact) mass is 311 g/mol. The van der Waals surface area contributed by atoms with Crippen molar-refractivity contribution in [3.8, 4) is 11.5 Å². The molecule has 2 N–H and O–H groups in total. The number of carbonyl (C=O) groups excluding carboxylic acids is 1. The SMILES string of the molecule is COc1ccc(C(CO)CNC(=O)OC(C)(C)C)cc1OC. The van der Waals surface area contributed by atoms with Crippen molar-refractivity contribution in [1.82, 2.24) is 5.32 Å². The minimum atomic E-state index is -0.553. The Balaban J connectivity index is 2.74. The summed E-state index contributed by atoms with van der Waals surface area (Å²) in [5, 5.41) is 12.2. The average molecular weight is 311 g/mol. The maximum atomic E-state index is 11.7. The molecule has 6 heteroatoms. The number of amides is 1. The van der Waals surface area contributed by atoms with Crippen LogP contribution in [0.25, 0.3) is 0 Å². The molecule has 22 heavy (non-hydrogen) atoms. The van der Waals surface area contributed by atoms with Crippen molar-refractivity contribution in [2.75, 3.05) is 27.4 Å². The highest BCUT2D eigenvalue weighted by molar-refractivity contribution is 5.67. The number of benzene rings is 1. The fourth-order valence-electron chi connectivity index (χ4n) is 1.92. The fourth-order valence-corrected chi connectivity index (χ4v) is 1.92. The molecule has 0 aromatic heterocycles. The first-order valence-electron chi connectivity index (χ1n) is 7.10. The molecule has 1 aromatic rings. The molecule has 1 aromatic carbocycles. The van der Waals surface area contributed by atoms with E-state index >= 15 is 0 Å². The van der Waals surface area contributed by atoms with E-state index in [0.717, 1.165) is 5.56 Å².